The standard InChI is InChI=1S/C15H28N2O7/c1-15(2,3)24-14(21)17-7-10-23-13(20)5-4-12(19)16-6-9-22-11-8-18/h18H,4-11H2,1-3H3,(H,16,19)(H,17,21). The van der Waals surface area contributed by atoms with E-state index in [1.54, 1.807) is 20.8 Å². The number of hydrogen-bond donors (Lipinski definition) is 3. The quantitative estimate of drug-likeness (QED) is 0.353. The van der Waals surface area contributed by atoms with Crippen LogP contribution in [0.1, 0.15) is 33.6 Å². The molecule has 0 atom stereocenters. The van der Waals surface area contributed by atoms with Crippen LogP contribution in [0.3, 0.4) is 0 Å². The molecule has 0 heterocycles. The molecular formula is C15H28N2O7. The normalized spacial score (nSPS) is 10.8. The fourth-order valence-electron chi connectivity index (χ4n) is 1.44. The van der Waals surface area contributed by atoms with Crippen LogP contribution < -0.4 is 10.6 Å². The molecule has 0 aliphatic heterocycles. The molecule has 0 aliphatic carbocycles. The number of aliphatic hydroxyl groups excluding tert-OH is 1. The van der Waals surface area contributed by atoms with Crippen molar-refractivity contribution in [2.45, 2.75) is 39.2 Å². The van der Waals surface area contributed by atoms with E-state index in [0.29, 0.717) is 13.2 Å². The number of rotatable bonds is 11. The van der Waals surface area contributed by atoms with Gasteiger partial charge in [-0.2, -0.15) is 0 Å². The maximum Gasteiger partial charge on any atom is 0.407 e. The lowest BCUT2D eigenvalue weighted by Gasteiger charge is -2.19. The molecule has 9 nitrogen and oxygen atoms in total. The Morgan fingerprint density at radius 1 is 0.958 bits per heavy atom. The van der Waals surface area contributed by atoms with Crippen LogP contribution in [-0.4, -0.2) is 68.2 Å². The molecule has 0 unspecified atom stereocenters. The summed E-state index contributed by atoms with van der Waals surface area (Å²) >= 11 is 0. The number of amides is 2. The zero-order valence-electron chi connectivity index (χ0n) is 14.6. The van der Waals surface area contributed by atoms with Crippen molar-refractivity contribution in [3.05, 3.63) is 0 Å². The Bertz CT molecular complexity index is 394. The molecule has 0 spiro atoms. The van der Waals surface area contributed by atoms with Gasteiger partial charge in [0.15, 0.2) is 0 Å². The largest absolute Gasteiger partial charge is 0.464 e. The number of esters is 1. The molecule has 0 aromatic heterocycles. The molecule has 140 valence electrons. The summed E-state index contributed by atoms with van der Waals surface area (Å²) in [5.41, 5.74) is -0.586. The second kappa shape index (κ2) is 12.5. The van der Waals surface area contributed by atoms with Gasteiger partial charge in [-0.1, -0.05) is 0 Å². The van der Waals surface area contributed by atoms with E-state index in [1.165, 1.54) is 0 Å². The van der Waals surface area contributed by atoms with Crippen molar-refractivity contribution < 1.29 is 33.7 Å². The van der Waals surface area contributed by atoms with Crippen molar-refractivity contribution in [2.24, 2.45) is 0 Å². The summed E-state index contributed by atoms with van der Waals surface area (Å²) in [5.74, 6) is -0.806. The monoisotopic (exact) mass is 348 g/mol. The minimum atomic E-state index is -0.586. The van der Waals surface area contributed by atoms with Gasteiger partial charge < -0.3 is 30.0 Å². The Hall–Kier alpha value is -1.87. The number of hydrogen-bond acceptors (Lipinski definition) is 7. The lowest BCUT2D eigenvalue weighted by Crippen LogP contribution is -2.34. The highest BCUT2D eigenvalue weighted by molar-refractivity contribution is 5.81. The van der Waals surface area contributed by atoms with Crippen LogP contribution in [0.4, 0.5) is 4.79 Å². The summed E-state index contributed by atoms with van der Waals surface area (Å²) in [4.78, 5) is 34.2. The molecule has 3 N–H and O–H groups in total. The Labute approximate surface area is 142 Å². The first-order chi connectivity index (χ1) is 11.2. The van der Waals surface area contributed by atoms with Crippen LogP contribution in [0, 0.1) is 0 Å². The van der Waals surface area contributed by atoms with Crippen LogP contribution >= 0.6 is 0 Å². The van der Waals surface area contributed by atoms with E-state index in [-0.39, 0.29) is 45.1 Å². The van der Waals surface area contributed by atoms with E-state index in [9.17, 15) is 14.4 Å². The van der Waals surface area contributed by atoms with Crippen molar-refractivity contribution in [3.63, 3.8) is 0 Å². The van der Waals surface area contributed by atoms with Crippen LogP contribution in [0.5, 0.6) is 0 Å². The average Bonchev–Trinajstić information content (AvgIpc) is 2.47. The molecule has 0 fully saturated rings. The molecule has 2 amide bonds. The first-order valence-corrected chi connectivity index (χ1v) is 7.82. The predicted molar refractivity (Wildman–Crippen MR) is 85.3 cm³/mol. The van der Waals surface area contributed by atoms with Gasteiger partial charge in [0.1, 0.15) is 12.2 Å². The Morgan fingerprint density at radius 3 is 2.25 bits per heavy atom. The minimum Gasteiger partial charge on any atom is -0.464 e. The van der Waals surface area contributed by atoms with E-state index in [0.717, 1.165) is 0 Å². The molecule has 0 rings (SSSR count). The number of carbonyl (C=O) groups excluding carboxylic acids is 3. The van der Waals surface area contributed by atoms with Gasteiger partial charge in [0, 0.05) is 13.0 Å². The van der Waals surface area contributed by atoms with Crippen molar-refractivity contribution in [2.75, 3.05) is 39.5 Å². The van der Waals surface area contributed by atoms with Crippen molar-refractivity contribution in [1.29, 1.82) is 0 Å². The number of ether oxygens (including phenoxy) is 3. The van der Waals surface area contributed by atoms with Crippen LogP contribution in [-0.2, 0) is 23.8 Å². The van der Waals surface area contributed by atoms with Gasteiger partial charge in [-0.3, -0.25) is 9.59 Å². The Balaban J connectivity index is 3.59. The Kier molecular flexibility index (Phi) is 11.6. The van der Waals surface area contributed by atoms with E-state index in [4.69, 9.17) is 19.3 Å². The molecule has 0 saturated heterocycles. The molecule has 0 radical (unpaired) electrons. The number of carbonyl (C=O) groups is 3. The molecule has 0 bridgehead atoms. The maximum atomic E-state index is 11.4. The van der Waals surface area contributed by atoms with Gasteiger partial charge in [0.05, 0.1) is 32.8 Å². The van der Waals surface area contributed by atoms with Gasteiger partial charge in [-0.05, 0) is 20.8 Å². The lowest BCUT2D eigenvalue weighted by molar-refractivity contribution is -0.144. The highest BCUT2D eigenvalue weighted by Gasteiger charge is 2.15. The third-order valence-corrected chi connectivity index (χ3v) is 2.39. The topological polar surface area (TPSA) is 123 Å². The van der Waals surface area contributed by atoms with Crippen LogP contribution in [0.15, 0.2) is 0 Å². The molecular weight excluding hydrogens is 320 g/mol. The SMILES string of the molecule is CC(C)(C)OC(=O)NCCOC(=O)CCC(=O)NCCOCCO. The smallest absolute Gasteiger partial charge is 0.407 e. The number of aliphatic hydroxyl groups is 1. The van der Waals surface area contributed by atoms with Crippen molar-refractivity contribution >= 4 is 18.0 Å². The summed E-state index contributed by atoms with van der Waals surface area (Å²) < 4.78 is 14.9. The molecule has 0 aromatic carbocycles. The minimum absolute atomic E-state index is 0.00863. The summed E-state index contributed by atoms with van der Waals surface area (Å²) in [7, 11) is 0. The molecule has 0 aromatic rings. The van der Waals surface area contributed by atoms with Crippen LogP contribution in [0.2, 0.25) is 0 Å². The van der Waals surface area contributed by atoms with Crippen LogP contribution in [0.25, 0.3) is 0 Å². The fourth-order valence-corrected chi connectivity index (χ4v) is 1.44. The van der Waals surface area contributed by atoms with Crippen molar-refractivity contribution in [1.82, 2.24) is 10.6 Å². The zero-order chi connectivity index (χ0) is 18.4. The first-order valence-electron chi connectivity index (χ1n) is 7.82. The summed E-state index contributed by atoms with van der Waals surface area (Å²) in [6.07, 6.45) is -0.616. The number of nitrogens with one attached hydrogen (secondary N) is 2. The summed E-state index contributed by atoms with van der Waals surface area (Å²) in [5, 5.41) is 13.5. The van der Waals surface area contributed by atoms with Gasteiger partial charge in [-0.25, -0.2) is 4.79 Å². The lowest BCUT2D eigenvalue weighted by atomic mass is 10.2. The summed E-state index contributed by atoms with van der Waals surface area (Å²) in [6, 6.07) is 0. The van der Waals surface area contributed by atoms with E-state index in [1.807, 2.05) is 0 Å². The van der Waals surface area contributed by atoms with E-state index < -0.39 is 17.7 Å². The van der Waals surface area contributed by atoms with E-state index >= 15 is 0 Å². The van der Waals surface area contributed by atoms with Gasteiger partial charge in [0.25, 0.3) is 0 Å². The fraction of sp³-hybridized carbons (Fsp3) is 0.800. The first kappa shape index (κ1) is 22.1. The second-order valence-corrected chi connectivity index (χ2v) is 5.84. The molecule has 0 aliphatic rings. The third kappa shape index (κ3) is 15.0. The molecule has 0 saturated carbocycles. The third-order valence-electron chi connectivity index (χ3n) is 2.39. The maximum absolute atomic E-state index is 11.4. The number of alkyl carbamates (subject to hydrolysis) is 1. The van der Waals surface area contributed by atoms with Crippen molar-refractivity contribution in [3.8, 4) is 0 Å². The zero-order valence-corrected chi connectivity index (χ0v) is 14.6. The van der Waals surface area contributed by atoms with Gasteiger partial charge in [0.2, 0.25) is 5.91 Å². The van der Waals surface area contributed by atoms with Gasteiger partial charge in [-0.15, -0.1) is 0 Å². The average molecular weight is 348 g/mol. The highest BCUT2D eigenvalue weighted by atomic mass is 16.6. The molecule has 24 heavy (non-hydrogen) atoms. The molecule has 9 heteroatoms. The predicted octanol–water partition coefficient (Wildman–Crippen LogP) is -0.0404. The summed E-state index contributed by atoms with van der Waals surface area (Å²) in [6.45, 7) is 6.15. The second-order valence-electron chi connectivity index (χ2n) is 5.84. The highest BCUT2D eigenvalue weighted by Crippen LogP contribution is 2.06. The van der Waals surface area contributed by atoms with Gasteiger partial charge >= 0.3 is 12.1 Å². The Morgan fingerprint density at radius 2 is 1.62 bits per heavy atom. The van der Waals surface area contributed by atoms with E-state index in [2.05, 4.69) is 10.6 Å².